The second-order valence-electron chi connectivity index (χ2n) is 10.7. The predicted octanol–water partition coefficient (Wildman–Crippen LogP) is 5.70. The van der Waals surface area contributed by atoms with E-state index in [0.717, 1.165) is 59.4 Å². The van der Waals surface area contributed by atoms with Crippen molar-refractivity contribution in [1.29, 1.82) is 0 Å². The number of nitrogens with one attached hydrogen (secondary N) is 2. The number of aliphatic hydroxyl groups excluding tert-OH is 1. The quantitative estimate of drug-likeness (QED) is 0.323. The lowest BCUT2D eigenvalue weighted by molar-refractivity contribution is -0.253. The minimum atomic E-state index is -0.451. The van der Waals surface area contributed by atoms with Crippen LogP contribution in [0.25, 0.3) is 11.1 Å². The highest BCUT2D eigenvalue weighted by atomic mass is 16.7. The molecular weight excluding hydrogens is 502 g/mol. The molecule has 0 bridgehead atoms. The molecule has 3 aromatic rings. The van der Waals surface area contributed by atoms with Crippen LogP contribution in [0.3, 0.4) is 0 Å². The van der Waals surface area contributed by atoms with Gasteiger partial charge in [0.05, 0.1) is 18.8 Å². The van der Waals surface area contributed by atoms with E-state index < -0.39 is 6.29 Å². The van der Waals surface area contributed by atoms with Gasteiger partial charge in [0.25, 0.3) is 0 Å². The lowest BCUT2D eigenvalue weighted by Gasteiger charge is -2.39. The first kappa shape index (κ1) is 28.3. The molecular formula is C33H41N3O4. The molecule has 40 heavy (non-hydrogen) atoms. The zero-order valence-corrected chi connectivity index (χ0v) is 23.4. The Balaban J connectivity index is 1.30. The molecule has 2 heterocycles. The zero-order valence-electron chi connectivity index (χ0n) is 23.4. The van der Waals surface area contributed by atoms with Crippen LogP contribution in [0.2, 0.25) is 0 Å². The number of rotatable bonds is 9. The van der Waals surface area contributed by atoms with Crippen molar-refractivity contribution in [2.75, 3.05) is 26.2 Å². The van der Waals surface area contributed by atoms with E-state index in [1.54, 1.807) is 0 Å². The van der Waals surface area contributed by atoms with Gasteiger partial charge in [-0.1, -0.05) is 73.2 Å². The van der Waals surface area contributed by atoms with Gasteiger partial charge >= 0.3 is 6.03 Å². The Morgan fingerprint density at radius 3 is 2.35 bits per heavy atom. The Hall–Kier alpha value is -3.23. The first-order valence-electron chi connectivity index (χ1n) is 14.5. The molecule has 0 aromatic heterocycles. The third-order valence-electron chi connectivity index (χ3n) is 7.76. The number of hydrogen-bond acceptors (Lipinski definition) is 5. The first-order chi connectivity index (χ1) is 19.6. The Bertz CT molecular complexity index is 1230. The molecule has 2 amide bonds. The zero-order chi connectivity index (χ0) is 27.7. The van der Waals surface area contributed by atoms with Gasteiger partial charge in [-0.05, 0) is 66.7 Å². The molecule has 2 aliphatic heterocycles. The summed E-state index contributed by atoms with van der Waals surface area (Å²) >= 11 is 0. The number of nitrogens with zero attached hydrogens (tertiary/aromatic N) is 1. The number of carbonyl (C=O) groups is 1. The summed E-state index contributed by atoms with van der Waals surface area (Å²) in [5, 5.41) is 15.1. The van der Waals surface area contributed by atoms with Crippen LogP contribution in [0.1, 0.15) is 67.3 Å². The maximum absolute atomic E-state index is 11.8. The van der Waals surface area contributed by atoms with Crippen molar-refractivity contribution in [2.45, 2.75) is 64.3 Å². The van der Waals surface area contributed by atoms with Crippen LogP contribution in [0.5, 0.6) is 0 Å². The van der Waals surface area contributed by atoms with Gasteiger partial charge in [0.15, 0.2) is 6.29 Å². The summed E-state index contributed by atoms with van der Waals surface area (Å²) in [5.41, 5.74) is 6.25. The molecule has 3 unspecified atom stereocenters. The number of carbonyl (C=O) groups excluding carboxylic acids is 1. The number of benzene rings is 3. The van der Waals surface area contributed by atoms with Gasteiger partial charge in [-0.15, -0.1) is 0 Å². The van der Waals surface area contributed by atoms with Crippen molar-refractivity contribution < 1.29 is 19.4 Å². The van der Waals surface area contributed by atoms with E-state index in [9.17, 15) is 9.90 Å². The second-order valence-corrected chi connectivity index (χ2v) is 10.7. The first-order valence-corrected chi connectivity index (χ1v) is 14.5. The Morgan fingerprint density at radius 2 is 1.62 bits per heavy atom. The van der Waals surface area contributed by atoms with Crippen molar-refractivity contribution in [3.05, 3.63) is 95.1 Å². The average molecular weight is 544 g/mol. The van der Waals surface area contributed by atoms with E-state index in [-0.39, 0.29) is 24.8 Å². The summed E-state index contributed by atoms with van der Waals surface area (Å²) < 4.78 is 13.1. The van der Waals surface area contributed by atoms with Crippen LogP contribution < -0.4 is 10.6 Å². The Kier molecular flexibility index (Phi) is 9.84. The van der Waals surface area contributed by atoms with Crippen molar-refractivity contribution in [3.63, 3.8) is 0 Å². The predicted molar refractivity (Wildman–Crippen MR) is 157 cm³/mol. The molecule has 7 heteroatoms. The number of aliphatic hydroxyl groups is 1. The average Bonchev–Trinajstić information content (AvgIpc) is 3.01. The van der Waals surface area contributed by atoms with Crippen LogP contribution >= 0.6 is 0 Å². The Morgan fingerprint density at radius 1 is 0.875 bits per heavy atom. The molecule has 7 nitrogen and oxygen atoms in total. The van der Waals surface area contributed by atoms with Gasteiger partial charge < -0.3 is 30.1 Å². The minimum absolute atomic E-state index is 0.0368. The van der Waals surface area contributed by atoms with Crippen LogP contribution in [0.4, 0.5) is 4.79 Å². The van der Waals surface area contributed by atoms with Crippen LogP contribution in [0, 0.1) is 0 Å². The van der Waals surface area contributed by atoms with E-state index >= 15 is 0 Å². The lowest BCUT2D eigenvalue weighted by Crippen LogP contribution is -2.41. The minimum Gasteiger partial charge on any atom is -0.392 e. The van der Waals surface area contributed by atoms with Gasteiger partial charge in [0, 0.05) is 31.6 Å². The van der Waals surface area contributed by atoms with E-state index in [0.29, 0.717) is 13.1 Å². The van der Waals surface area contributed by atoms with E-state index in [4.69, 9.17) is 9.47 Å². The van der Waals surface area contributed by atoms with Gasteiger partial charge in [0.2, 0.25) is 0 Å². The number of ether oxygens (including phenoxy) is 2. The molecule has 0 aliphatic carbocycles. The van der Waals surface area contributed by atoms with Crippen LogP contribution in [-0.4, -0.2) is 48.3 Å². The summed E-state index contributed by atoms with van der Waals surface area (Å²) in [4.78, 5) is 14.3. The summed E-state index contributed by atoms with van der Waals surface area (Å²) in [6.07, 6.45) is 4.18. The van der Waals surface area contributed by atoms with Crippen LogP contribution in [0.15, 0.2) is 72.8 Å². The van der Waals surface area contributed by atoms with E-state index in [1.165, 1.54) is 19.3 Å². The molecule has 5 rings (SSSR count). The smallest absolute Gasteiger partial charge is 0.315 e. The van der Waals surface area contributed by atoms with Gasteiger partial charge in [0.1, 0.15) is 0 Å². The summed E-state index contributed by atoms with van der Waals surface area (Å²) in [5.74, 6) is 0. The second kappa shape index (κ2) is 13.9. The van der Waals surface area contributed by atoms with Crippen molar-refractivity contribution >= 4 is 6.03 Å². The highest BCUT2D eigenvalue weighted by molar-refractivity contribution is 5.73. The molecule has 2 fully saturated rings. The summed E-state index contributed by atoms with van der Waals surface area (Å²) in [6, 6.07) is 24.5. The molecule has 0 spiro atoms. The maximum atomic E-state index is 11.8. The molecule has 3 aromatic carbocycles. The van der Waals surface area contributed by atoms with Gasteiger partial charge in [-0.25, -0.2) is 4.79 Å². The molecule has 3 atom stereocenters. The molecule has 0 radical (unpaired) electrons. The highest BCUT2D eigenvalue weighted by Gasteiger charge is 2.33. The van der Waals surface area contributed by atoms with E-state index in [1.807, 2.05) is 31.2 Å². The number of amides is 2. The van der Waals surface area contributed by atoms with Crippen molar-refractivity contribution in [3.8, 4) is 11.1 Å². The van der Waals surface area contributed by atoms with Gasteiger partial charge in [-0.3, -0.25) is 0 Å². The molecule has 2 aliphatic rings. The van der Waals surface area contributed by atoms with Crippen molar-refractivity contribution in [1.82, 2.24) is 15.5 Å². The van der Waals surface area contributed by atoms with Gasteiger partial charge in [-0.2, -0.15) is 0 Å². The topological polar surface area (TPSA) is 83.1 Å². The number of urea groups is 1. The highest BCUT2D eigenvalue weighted by Crippen LogP contribution is 2.39. The fourth-order valence-corrected chi connectivity index (χ4v) is 5.56. The fourth-order valence-electron chi connectivity index (χ4n) is 5.56. The number of hydrogen-bond donors (Lipinski definition) is 3. The standard InChI is InChI=1S/C33H41N3O4/c1-2-34-33(38)35-21-25-7-6-8-29(19-25)26-13-15-28(16-14-26)32-39-30(22-36-17-4-3-5-18-36)20-31(40-32)27-11-9-24(23-37)10-12-27/h6-16,19,30-32,37H,2-5,17-18,20-23H2,1H3,(H2,34,35,38). The number of piperidine rings is 1. The third-order valence-corrected chi connectivity index (χ3v) is 7.76. The maximum Gasteiger partial charge on any atom is 0.315 e. The fraction of sp³-hybridized carbons (Fsp3) is 0.424. The molecule has 3 N–H and O–H groups in total. The largest absolute Gasteiger partial charge is 0.392 e. The third kappa shape index (κ3) is 7.49. The number of likely N-dealkylation sites (tertiary alicyclic amines) is 1. The molecule has 0 saturated carbocycles. The van der Waals surface area contributed by atoms with E-state index in [2.05, 4.69) is 64.1 Å². The normalized spacial score (nSPS) is 21.6. The lowest BCUT2D eigenvalue weighted by atomic mass is 9.98. The molecule has 2 saturated heterocycles. The monoisotopic (exact) mass is 543 g/mol. The summed E-state index contributed by atoms with van der Waals surface area (Å²) in [7, 11) is 0. The Labute approximate surface area is 237 Å². The SMILES string of the molecule is CCNC(=O)NCc1cccc(-c2ccc(C3OC(CN4CCCCC4)CC(c4ccc(CO)cc4)O3)cc2)c1. The summed E-state index contributed by atoms with van der Waals surface area (Å²) in [6.45, 7) is 6.19. The van der Waals surface area contributed by atoms with Crippen molar-refractivity contribution in [2.24, 2.45) is 0 Å². The van der Waals surface area contributed by atoms with Crippen LogP contribution in [-0.2, 0) is 22.6 Å². The molecule has 212 valence electrons.